The number of para-hydroxylation sites is 1. The van der Waals surface area contributed by atoms with Gasteiger partial charge in [-0.1, -0.05) is 18.2 Å². The van der Waals surface area contributed by atoms with Gasteiger partial charge in [0, 0.05) is 25.5 Å². The highest BCUT2D eigenvalue weighted by Gasteiger charge is 2.19. The number of benzene rings is 1. The smallest absolute Gasteiger partial charge is 0.307 e. The first-order chi connectivity index (χ1) is 12.3. The summed E-state index contributed by atoms with van der Waals surface area (Å²) in [4.78, 5) is 25.7. The van der Waals surface area contributed by atoms with E-state index in [0.29, 0.717) is 11.3 Å². The Morgan fingerprint density at radius 3 is 2.69 bits per heavy atom. The fourth-order valence-electron chi connectivity index (χ4n) is 2.17. The number of H-pyrrole nitrogens is 1. The summed E-state index contributed by atoms with van der Waals surface area (Å²) >= 11 is 0. The fraction of sp³-hybridized carbons (Fsp3) is 0.250. The van der Waals surface area contributed by atoms with Gasteiger partial charge in [0.2, 0.25) is 10.0 Å². The van der Waals surface area contributed by atoms with Crippen LogP contribution in [0.5, 0.6) is 0 Å². The Balaban J connectivity index is 2.13. The summed E-state index contributed by atoms with van der Waals surface area (Å²) in [6.07, 6.45) is 0.956. The minimum absolute atomic E-state index is 0.0299. The normalized spacial score (nSPS) is 11.3. The Hall–Kier alpha value is -2.69. The Kier molecular flexibility index (Phi) is 6.50. The van der Waals surface area contributed by atoms with Gasteiger partial charge in [-0.05, 0) is 17.7 Å². The highest BCUT2D eigenvalue weighted by Crippen LogP contribution is 2.18. The SMILES string of the molecule is COCCNS(=O)(=O)c1c[nH]c(C(=O)Nc2ccccc2CC(=O)O)c1. The van der Waals surface area contributed by atoms with Gasteiger partial charge in [-0.25, -0.2) is 13.1 Å². The van der Waals surface area contributed by atoms with Gasteiger partial charge in [-0.3, -0.25) is 9.59 Å². The monoisotopic (exact) mass is 381 g/mol. The molecule has 0 saturated carbocycles. The molecule has 140 valence electrons. The molecule has 0 aliphatic carbocycles. The van der Waals surface area contributed by atoms with E-state index in [1.165, 1.54) is 19.4 Å². The molecular weight excluding hydrogens is 362 g/mol. The number of carboxylic acid groups (broad SMARTS) is 1. The lowest BCUT2D eigenvalue weighted by Gasteiger charge is -2.08. The number of nitrogens with one attached hydrogen (secondary N) is 3. The van der Waals surface area contributed by atoms with Crippen molar-refractivity contribution >= 4 is 27.6 Å². The first-order valence-corrected chi connectivity index (χ1v) is 9.10. The number of rotatable bonds is 9. The van der Waals surface area contributed by atoms with Crippen LogP contribution < -0.4 is 10.0 Å². The van der Waals surface area contributed by atoms with Crippen LogP contribution in [0.25, 0.3) is 0 Å². The fourth-order valence-corrected chi connectivity index (χ4v) is 3.18. The van der Waals surface area contributed by atoms with Crippen molar-refractivity contribution in [2.75, 3.05) is 25.6 Å². The van der Waals surface area contributed by atoms with Crippen LogP contribution in [0.4, 0.5) is 5.69 Å². The molecule has 0 spiro atoms. The highest BCUT2D eigenvalue weighted by atomic mass is 32.2. The van der Waals surface area contributed by atoms with E-state index in [-0.39, 0.29) is 30.2 Å². The maximum atomic E-state index is 12.3. The maximum absolute atomic E-state index is 12.3. The number of aliphatic carboxylic acids is 1. The molecule has 4 N–H and O–H groups in total. The minimum Gasteiger partial charge on any atom is -0.481 e. The molecule has 0 fully saturated rings. The van der Waals surface area contributed by atoms with Crippen molar-refractivity contribution in [2.24, 2.45) is 0 Å². The van der Waals surface area contributed by atoms with Crippen LogP contribution >= 0.6 is 0 Å². The topological polar surface area (TPSA) is 138 Å². The van der Waals surface area contributed by atoms with E-state index >= 15 is 0 Å². The minimum atomic E-state index is -3.76. The molecule has 1 aromatic heterocycles. The number of hydrogen-bond donors (Lipinski definition) is 4. The van der Waals surface area contributed by atoms with E-state index in [9.17, 15) is 18.0 Å². The average Bonchev–Trinajstić information content (AvgIpc) is 3.07. The van der Waals surface area contributed by atoms with Gasteiger partial charge in [0.25, 0.3) is 5.91 Å². The van der Waals surface area contributed by atoms with E-state index in [1.54, 1.807) is 24.3 Å². The number of carbonyl (C=O) groups excluding carboxylic acids is 1. The Morgan fingerprint density at radius 2 is 2.00 bits per heavy atom. The van der Waals surface area contributed by atoms with Gasteiger partial charge in [-0.15, -0.1) is 0 Å². The van der Waals surface area contributed by atoms with Crippen molar-refractivity contribution < 1.29 is 27.9 Å². The molecule has 0 atom stereocenters. The van der Waals surface area contributed by atoms with E-state index in [0.717, 1.165) is 0 Å². The molecule has 0 bridgehead atoms. The first kappa shape index (κ1) is 19.6. The van der Waals surface area contributed by atoms with Crippen LogP contribution in [-0.4, -0.2) is 50.6 Å². The molecule has 2 aromatic rings. The number of sulfonamides is 1. The third-order valence-corrected chi connectivity index (χ3v) is 4.86. The lowest BCUT2D eigenvalue weighted by molar-refractivity contribution is -0.136. The summed E-state index contributed by atoms with van der Waals surface area (Å²) in [6.45, 7) is 0.325. The summed E-state index contributed by atoms with van der Waals surface area (Å²) < 4.78 is 31.3. The summed E-state index contributed by atoms with van der Waals surface area (Å²) in [5.74, 6) is -1.61. The number of carbonyl (C=O) groups is 2. The van der Waals surface area contributed by atoms with Crippen molar-refractivity contribution in [3.8, 4) is 0 Å². The highest BCUT2D eigenvalue weighted by molar-refractivity contribution is 7.89. The number of aromatic nitrogens is 1. The third kappa shape index (κ3) is 5.15. The van der Waals surface area contributed by atoms with Crippen molar-refractivity contribution in [2.45, 2.75) is 11.3 Å². The van der Waals surface area contributed by atoms with Crippen LogP contribution in [0.1, 0.15) is 16.1 Å². The Labute approximate surface area is 150 Å². The van der Waals surface area contributed by atoms with Gasteiger partial charge in [-0.2, -0.15) is 0 Å². The molecule has 26 heavy (non-hydrogen) atoms. The second-order valence-corrected chi connectivity index (χ2v) is 7.09. The maximum Gasteiger partial charge on any atom is 0.307 e. The number of methoxy groups -OCH3 is 1. The number of carboxylic acids is 1. The molecule has 1 heterocycles. The van der Waals surface area contributed by atoms with Gasteiger partial charge in [0.15, 0.2) is 0 Å². The molecule has 1 aromatic carbocycles. The van der Waals surface area contributed by atoms with Crippen LogP contribution in [0.2, 0.25) is 0 Å². The average molecular weight is 381 g/mol. The van der Waals surface area contributed by atoms with Crippen LogP contribution in [-0.2, 0) is 26.0 Å². The van der Waals surface area contributed by atoms with E-state index in [1.807, 2.05) is 0 Å². The van der Waals surface area contributed by atoms with Crippen molar-refractivity contribution in [3.05, 3.63) is 47.8 Å². The summed E-state index contributed by atoms with van der Waals surface area (Å²) in [7, 11) is -2.31. The zero-order chi connectivity index (χ0) is 19.2. The number of hydrogen-bond acceptors (Lipinski definition) is 5. The van der Waals surface area contributed by atoms with E-state index in [2.05, 4.69) is 15.0 Å². The third-order valence-electron chi connectivity index (χ3n) is 3.42. The Bertz CT molecular complexity index is 891. The van der Waals surface area contributed by atoms with Crippen LogP contribution in [0, 0.1) is 0 Å². The van der Waals surface area contributed by atoms with Crippen LogP contribution in [0.15, 0.2) is 41.4 Å². The largest absolute Gasteiger partial charge is 0.481 e. The molecule has 0 aliphatic rings. The van der Waals surface area contributed by atoms with Gasteiger partial charge in [0.1, 0.15) is 10.6 Å². The second kappa shape index (κ2) is 8.61. The van der Waals surface area contributed by atoms with Crippen molar-refractivity contribution in [3.63, 3.8) is 0 Å². The van der Waals surface area contributed by atoms with Gasteiger partial charge < -0.3 is 20.1 Å². The molecule has 0 unspecified atom stereocenters. The van der Waals surface area contributed by atoms with Gasteiger partial charge in [0.05, 0.1) is 13.0 Å². The molecule has 0 radical (unpaired) electrons. The van der Waals surface area contributed by atoms with E-state index < -0.39 is 21.9 Å². The molecule has 0 aliphatic heterocycles. The molecule has 1 amide bonds. The zero-order valence-electron chi connectivity index (χ0n) is 14.0. The zero-order valence-corrected chi connectivity index (χ0v) is 14.8. The Morgan fingerprint density at radius 1 is 1.27 bits per heavy atom. The summed E-state index contributed by atoms with van der Waals surface area (Å²) in [5, 5.41) is 11.5. The molecule has 0 saturated heterocycles. The second-order valence-electron chi connectivity index (χ2n) is 5.32. The number of amides is 1. The quantitative estimate of drug-likeness (QED) is 0.475. The standard InChI is InChI=1S/C16H19N3O6S/c1-25-7-6-18-26(23,24)12-9-14(17-10-12)16(22)19-13-5-3-2-4-11(13)8-15(20)21/h2-5,9-10,17-18H,6-8H2,1H3,(H,19,22)(H,20,21). The molecule has 9 nitrogen and oxygen atoms in total. The lowest BCUT2D eigenvalue weighted by Crippen LogP contribution is -2.26. The molecular formula is C16H19N3O6S. The number of ether oxygens (including phenoxy) is 1. The number of anilines is 1. The summed E-state index contributed by atoms with van der Waals surface area (Å²) in [6, 6.07) is 7.69. The molecule has 2 rings (SSSR count). The first-order valence-electron chi connectivity index (χ1n) is 7.61. The van der Waals surface area contributed by atoms with E-state index in [4.69, 9.17) is 9.84 Å². The molecule has 10 heteroatoms. The van der Waals surface area contributed by atoms with Crippen LogP contribution in [0.3, 0.4) is 0 Å². The van der Waals surface area contributed by atoms with Crippen molar-refractivity contribution in [1.29, 1.82) is 0 Å². The predicted molar refractivity (Wildman–Crippen MR) is 93.6 cm³/mol. The summed E-state index contributed by atoms with van der Waals surface area (Å²) in [5.41, 5.74) is 0.813. The number of aromatic amines is 1. The van der Waals surface area contributed by atoms with Crippen molar-refractivity contribution in [1.82, 2.24) is 9.71 Å². The predicted octanol–water partition coefficient (Wildman–Crippen LogP) is 0.819. The lowest BCUT2D eigenvalue weighted by atomic mass is 10.1. The van der Waals surface area contributed by atoms with Gasteiger partial charge >= 0.3 is 5.97 Å².